The molecule has 0 spiro atoms. The van der Waals surface area contributed by atoms with E-state index in [1.54, 1.807) is 6.33 Å². The second-order valence-electron chi connectivity index (χ2n) is 7.38. The molecule has 1 aromatic heterocycles. The van der Waals surface area contributed by atoms with Gasteiger partial charge in [-0.3, -0.25) is 9.59 Å². The average molecular weight is 361 g/mol. The molecule has 3 aromatic rings. The Hall–Kier alpha value is -2.95. The zero-order chi connectivity index (χ0) is 19.0. The number of benzene rings is 2. The second-order valence-corrected chi connectivity index (χ2v) is 7.38. The first-order valence-corrected chi connectivity index (χ1v) is 9.37. The van der Waals surface area contributed by atoms with Gasteiger partial charge in [-0.15, -0.1) is 0 Å². The van der Waals surface area contributed by atoms with Gasteiger partial charge < -0.3 is 9.88 Å². The molecule has 1 saturated heterocycles. The third kappa shape index (κ3) is 3.37. The second kappa shape index (κ2) is 6.99. The van der Waals surface area contributed by atoms with Crippen LogP contribution >= 0.6 is 0 Å². The highest BCUT2D eigenvalue weighted by atomic mass is 16.2. The van der Waals surface area contributed by atoms with Crippen LogP contribution in [0.5, 0.6) is 0 Å². The monoisotopic (exact) mass is 361 g/mol. The van der Waals surface area contributed by atoms with Crippen LogP contribution in [0.1, 0.15) is 44.7 Å². The van der Waals surface area contributed by atoms with E-state index < -0.39 is 0 Å². The third-order valence-corrected chi connectivity index (χ3v) is 5.47. The average Bonchev–Trinajstić information content (AvgIpc) is 3.15. The van der Waals surface area contributed by atoms with E-state index in [2.05, 4.69) is 16.0 Å². The molecule has 5 nitrogen and oxygen atoms in total. The fraction of sp³-hybridized carbons (Fsp3) is 0.318. The molecule has 2 heterocycles. The molecule has 1 aliphatic heterocycles. The first kappa shape index (κ1) is 17.5. The van der Waals surface area contributed by atoms with Crippen LogP contribution in [0.25, 0.3) is 11.0 Å². The van der Waals surface area contributed by atoms with Crippen molar-refractivity contribution in [3.05, 3.63) is 65.0 Å². The number of Topliss-reactive ketones (excluding diaryl/α,β-unsaturated/α-hetero) is 1. The number of imidazole rings is 1. The zero-order valence-electron chi connectivity index (χ0n) is 15.7. The molecule has 1 fully saturated rings. The van der Waals surface area contributed by atoms with E-state index in [9.17, 15) is 9.59 Å². The van der Waals surface area contributed by atoms with Gasteiger partial charge in [0, 0.05) is 30.1 Å². The Kier molecular flexibility index (Phi) is 4.52. The smallest absolute Gasteiger partial charge is 0.253 e. The lowest BCUT2D eigenvalue weighted by Gasteiger charge is -2.31. The summed E-state index contributed by atoms with van der Waals surface area (Å²) in [5, 5.41) is 0. The fourth-order valence-electron chi connectivity index (χ4n) is 3.91. The Labute approximate surface area is 158 Å². The van der Waals surface area contributed by atoms with E-state index >= 15 is 0 Å². The van der Waals surface area contributed by atoms with Crippen molar-refractivity contribution in [2.45, 2.75) is 26.7 Å². The van der Waals surface area contributed by atoms with Crippen molar-refractivity contribution in [2.24, 2.45) is 5.92 Å². The number of likely N-dealkylation sites (tertiary alicyclic amines) is 1. The first-order valence-electron chi connectivity index (χ1n) is 9.37. The van der Waals surface area contributed by atoms with Gasteiger partial charge in [-0.05, 0) is 50.5 Å². The number of fused-ring (bicyclic) bond motifs is 1. The zero-order valence-corrected chi connectivity index (χ0v) is 15.7. The summed E-state index contributed by atoms with van der Waals surface area (Å²) >= 11 is 0. The SMILES string of the molecule is Cc1ccc(C(=O)C2CCN(C(=O)c3ccc4nc[nH]c4c3)CC2)c(C)c1. The van der Waals surface area contributed by atoms with Crippen LogP contribution in [-0.4, -0.2) is 39.6 Å². The van der Waals surface area contributed by atoms with Gasteiger partial charge in [0.1, 0.15) is 0 Å². The number of aromatic amines is 1. The number of H-pyrrole nitrogens is 1. The molecule has 4 rings (SSSR count). The standard InChI is InChI=1S/C22H23N3O2/c1-14-3-5-18(15(2)11-14)21(26)16-7-9-25(10-8-16)22(27)17-4-6-19-20(12-17)24-13-23-19/h3-6,11-13,16H,7-10H2,1-2H3,(H,23,24). The van der Waals surface area contributed by atoms with Crippen LogP contribution in [0.3, 0.4) is 0 Å². The largest absolute Gasteiger partial charge is 0.345 e. The molecule has 1 N–H and O–H groups in total. The molecule has 0 radical (unpaired) electrons. The Morgan fingerprint density at radius 1 is 1.07 bits per heavy atom. The van der Waals surface area contributed by atoms with Crippen LogP contribution in [0.2, 0.25) is 0 Å². The summed E-state index contributed by atoms with van der Waals surface area (Å²) in [6, 6.07) is 11.5. The van der Waals surface area contributed by atoms with Crippen molar-refractivity contribution in [3.63, 3.8) is 0 Å². The predicted octanol–water partition coefficient (Wildman–Crippen LogP) is 3.91. The van der Waals surface area contributed by atoms with Crippen LogP contribution < -0.4 is 0 Å². The molecule has 0 unspecified atom stereocenters. The van der Waals surface area contributed by atoms with Crippen molar-refractivity contribution in [1.82, 2.24) is 14.9 Å². The number of aryl methyl sites for hydroxylation is 2. The molecule has 0 atom stereocenters. The van der Waals surface area contributed by atoms with Crippen molar-refractivity contribution >= 4 is 22.7 Å². The van der Waals surface area contributed by atoms with E-state index in [-0.39, 0.29) is 17.6 Å². The maximum absolute atomic E-state index is 12.9. The summed E-state index contributed by atoms with van der Waals surface area (Å²) in [4.78, 5) is 34.8. The predicted molar refractivity (Wildman–Crippen MR) is 105 cm³/mol. The molecule has 0 bridgehead atoms. The van der Waals surface area contributed by atoms with E-state index in [0.29, 0.717) is 31.5 Å². The first-order chi connectivity index (χ1) is 13.0. The van der Waals surface area contributed by atoms with E-state index in [0.717, 1.165) is 22.2 Å². The molecule has 1 aliphatic rings. The highest BCUT2D eigenvalue weighted by Crippen LogP contribution is 2.25. The number of hydrogen-bond donors (Lipinski definition) is 1. The number of rotatable bonds is 3. The highest BCUT2D eigenvalue weighted by molar-refractivity contribution is 6.00. The number of hydrogen-bond acceptors (Lipinski definition) is 3. The van der Waals surface area contributed by atoms with Crippen LogP contribution in [0.4, 0.5) is 0 Å². The maximum atomic E-state index is 12.9. The summed E-state index contributed by atoms with van der Waals surface area (Å²) in [7, 11) is 0. The third-order valence-electron chi connectivity index (χ3n) is 5.47. The van der Waals surface area contributed by atoms with E-state index in [4.69, 9.17) is 0 Å². The van der Waals surface area contributed by atoms with E-state index in [1.807, 2.05) is 49.1 Å². The van der Waals surface area contributed by atoms with E-state index in [1.165, 1.54) is 5.56 Å². The minimum absolute atomic E-state index is 0.00876. The normalized spacial score (nSPS) is 15.3. The molecule has 0 saturated carbocycles. The Morgan fingerprint density at radius 3 is 2.59 bits per heavy atom. The van der Waals surface area contributed by atoms with Crippen molar-refractivity contribution in [2.75, 3.05) is 13.1 Å². The van der Waals surface area contributed by atoms with Gasteiger partial charge >= 0.3 is 0 Å². The van der Waals surface area contributed by atoms with Crippen LogP contribution in [0, 0.1) is 19.8 Å². The number of carbonyl (C=O) groups is 2. The molecule has 27 heavy (non-hydrogen) atoms. The van der Waals surface area contributed by atoms with Crippen molar-refractivity contribution < 1.29 is 9.59 Å². The van der Waals surface area contributed by atoms with Crippen LogP contribution in [-0.2, 0) is 0 Å². The summed E-state index contributed by atoms with van der Waals surface area (Å²) in [6.07, 6.45) is 3.05. The molecular weight excluding hydrogens is 338 g/mol. The molecule has 2 aromatic carbocycles. The Morgan fingerprint density at radius 2 is 1.85 bits per heavy atom. The highest BCUT2D eigenvalue weighted by Gasteiger charge is 2.29. The van der Waals surface area contributed by atoms with Crippen molar-refractivity contribution in [3.8, 4) is 0 Å². The van der Waals surface area contributed by atoms with Crippen LogP contribution in [0.15, 0.2) is 42.7 Å². The van der Waals surface area contributed by atoms with Gasteiger partial charge in [0.15, 0.2) is 5.78 Å². The van der Waals surface area contributed by atoms with Gasteiger partial charge in [0.25, 0.3) is 5.91 Å². The minimum Gasteiger partial charge on any atom is -0.345 e. The van der Waals surface area contributed by atoms with Gasteiger partial charge in [0.2, 0.25) is 0 Å². The number of piperidine rings is 1. The van der Waals surface area contributed by atoms with Gasteiger partial charge in [-0.2, -0.15) is 0 Å². The molecule has 0 aliphatic carbocycles. The maximum Gasteiger partial charge on any atom is 0.253 e. The lowest BCUT2D eigenvalue weighted by atomic mass is 9.87. The summed E-state index contributed by atoms with van der Waals surface area (Å²) in [5.41, 5.74) is 5.39. The minimum atomic E-state index is -0.00876. The number of aromatic nitrogens is 2. The molecule has 1 amide bonds. The fourth-order valence-corrected chi connectivity index (χ4v) is 3.91. The van der Waals surface area contributed by atoms with Gasteiger partial charge in [0.05, 0.1) is 17.4 Å². The number of nitrogens with zero attached hydrogens (tertiary/aromatic N) is 2. The number of amides is 1. The number of nitrogens with one attached hydrogen (secondary N) is 1. The lowest BCUT2D eigenvalue weighted by Crippen LogP contribution is -2.40. The van der Waals surface area contributed by atoms with Gasteiger partial charge in [-0.25, -0.2) is 4.98 Å². The summed E-state index contributed by atoms with van der Waals surface area (Å²) in [6.45, 7) is 5.25. The van der Waals surface area contributed by atoms with Gasteiger partial charge in [-0.1, -0.05) is 23.8 Å². The molecule has 138 valence electrons. The summed E-state index contributed by atoms with van der Waals surface area (Å²) < 4.78 is 0. The molecular formula is C22H23N3O2. The molecule has 5 heteroatoms. The summed E-state index contributed by atoms with van der Waals surface area (Å²) in [5.74, 6) is 0.216. The Bertz CT molecular complexity index is 1010. The quantitative estimate of drug-likeness (QED) is 0.719. The van der Waals surface area contributed by atoms with Crippen molar-refractivity contribution in [1.29, 1.82) is 0 Å². The number of ketones is 1. The Balaban J connectivity index is 1.43. The lowest BCUT2D eigenvalue weighted by molar-refractivity contribution is 0.0650. The number of carbonyl (C=O) groups excluding carboxylic acids is 2. The topological polar surface area (TPSA) is 66.1 Å².